The summed E-state index contributed by atoms with van der Waals surface area (Å²) in [4.78, 5) is 25.0. The molecule has 3 aliphatic rings. The summed E-state index contributed by atoms with van der Waals surface area (Å²) in [6, 6.07) is 7.69. The predicted octanol–water partition coefficient (Wildman–Crippen LogP) is 5.07. The fourth-order valence-electron chi connectivity index (χ4n) is 5.67. The molecule has 1 N–H and O–H groups in total. The lowest BCUT2D eigenvalue weighted by Gasteiger charge is -2.42. The third-order valence-corrected chi connectivity index (χ3v) is 7.60. The van der Waals surface area contributed by atoms with Gasteiger partial charge in [-0.2, -0.15) is 0 Å². The van der Waals surface area contributed by atoms with Crippen LogP contribution in [0.4, 0.5) is 0 Å². The van der Waals surface area contributed by atoms with Crippen LogP contribution in [0.1, 0.15) is 64.4 Å². The number of rotatable bonds is 8. The van der Waals surface area contributed by atoms with Crippen molar-refractivity contribution in [1.82, 2.24) is 0 Å². The van der Waals surface area contributed by atoms with E-state index in [-0.39, 0.29) is 42.4 Å². The topological polar surface area (TPSA) is 82.1 Å². The minimum atomic E-state index is -0.648. The molecule has 1 fully saturated rings. The number of aryl methyl sites for hydroxylation is 1. The number of esters is 2. The highest BCUT2D eigenvalue weighted by Crippen LogP contribution is 2.44. The Morgan fingerprint density at radius 1 is 1.23 bits per heavy atom. The van der Waals surface area contributed by atoms with Crippen LogP contribution in [0.2, 0.25) is 0 Å². The summed E-state index contributed by atoms with van der Waals surface area (Å²) >= 11 is 0. The van der Waals surface area contributed by atoms with Gasteiger partial charge in [0.2, 0.25) is 0 Å². The Hall–Kier alpha value is -2.60. The first kappa shape index (κ1) is 25.5. The summed E-state index contributed by atoms with van der Waals surface area (Å²) in [5.74, 6) is 0.708. The quantitative estimate of drug-likeness (QED) is 0.521. The highest BCUT2D eigenvalue weighted by atomic mass is 16.6. The van der Waals surface area contributed by atoms with E-state index in [1.54, 1.807) is 0 Å². The van der Waals surface area contributed by atoms with Crippen LogP contribution in [0.3, 0.4) is 0 Å². The normalized spacial score (nSPS) is 31.1. The summed E-state index contributed by atoms with van der Waals surface area (Å²) in [6.45, 7) is 6.14. The van der Waals surface area contributed by atoms with Gasteiger partial charge in [-0.05, 0) is 68.6 Å². The van der Waals surface area contributed by atoms with Gasteiger partial charge in [-0.25, -0.2) is 4.79 Å². The zero-order chi connectivity index (χ0) is 24.9. The fraction of sp³-hybridized carbons (Fsp3) is 0.586. The minimum absolute atomic E-state index is 0.0792. The molecule has 1 aromatic carbocycles. The number of ether oxygens (including phenoxy) is 3. The van der Waals surface area contributed by atoms with Crippen molar-refractivity contribution in [3.8, 4) is 5.75 Å². The molecule has 7 atom stereocenters. The Labute approximate surface area is 208 Å². The average Bonchev–Trinajstić information content (AvgIpc) is 2.82. The van der Waals surface area contributed by atoms with E-state index in [9.17, 15) is 14.7 Å². The molecule has 0 aromatic heterocycles. The van der Waals surface area contributed by atoms with Crippen LogP contribution in [0.5, 0.6) is 5.75 Å². The molecule has 6 heteroatoms. The monoisotopic (exact) mass is 482 g/mol. The van der Waals surface area contributed by atoms with Gasteiger partial charge in [0, 0.05) is 12.3 Å². The van der Waals surface area contributed by atoms with Crippen molar-refractivity contribution in [2.75, 3.05) is 0 Å². The molecule has 0 spiro atoms. The van der Waals surface area contributed by atoms with E-state index >= 15 is 0 Å². The van der Waals surface area contributed by atoms with Gasteiger partial charge in [0.25, 0.3) is 0 Å². The SMILES string of the molecule is CC[C@@H](Oc1ccc(C)cc1)C(=O)OC1CCC=C2C=CC(C)C(CC[C@@H]3C[C@@H](O)CC(=O)O3)C21. The zero-order valence-corrected chi connectivity index (χ0v) is 21.0. The van der Waals surface area contributed by atoms with Gasteiger partial charge in [-0.15, -0.1) is 0 Å². The number of allylic oxidation sites excluding steroid dienone is 3. The lowest BCUT2D eigenvalue weighted by molar-refractivity contribution is -0.164. The molecule has 4 unspecified atom stereocenters. The van der Waals surface area contributed by atoms with Crippen molar-refractivity contribution in [3.63, 3.8) is 0 Å². The van der Waals surface area contributed by atoms with Crippen LogP contribution in [0, 0.1) is 24.7 Å². The van der Waals surface area contributed by atoms with Crippen LogP contribution < -0.4 is 4.74 Å². The van der Waals surface area contributed by atoms with Crippen LogP contribution >= 0.6 is 0 Å². The number of benzene rings is 1. The fourth-order valence-corrected chi connectivity index (χ4v) is 5.67. The molecule has 0 amide bonds. The maximum absolute atomic E-state index is 13.2. The van der Waals surface area contributed by atoms with Crippen LogP contribution in [0.15, 0.2) is 48.1 Å². The van der Waals surface area contributed by atoms with Crippen molar-refractivity contribution >= 4 is 11.9 Å². The summed E-state index contributed by atoms with van der Waals surface area (Å²) in [5.41, 5.74) is 2.36. The molecule has 190 valence electrons. The second-order valence-electron chi connectivity index (χ2n) is 10.3. The first-order valence-electron chi connectivity index (χ1n) is 13.0. The largest absolute Gasteiger partial charge is 0.479 e. The summed E-state index contributed by atoms with van der Waals surface area (Å²) < 4.78 is 17.6. The highest BCUT2D eigenvalue weighted by Gasteiger charge is 2.41. The van der Waals surface area contributed by atoms with Crippen LogP contribution in [0.25, 0.3) is 0 Å². The second-order valence-corrected chi connectivity index (χ2v) is 10.3. The van der Waals surface area contributed by atoms with E-state index in [0.29, 0.717) is 30.9 Å². The Kier molecular flexibility index (Phi) is 8.32. The number of cyclic esters (lactones) is 1. The van der Waals surface area contributed by atoms with Gasteiger partial charge < -0.3 is 19.3 Å². The lowest BCUT2D eigenvalue weighted by Crippen LogP contribution is -2.42. The molecule has 1 heterocycles. The molecule has 4 rings (SSSR count). The number of hydrogen-bond donors (Lipinski definition) is 1. The highest BCUT2D eigenvalue weighted by molar-refractivity contribution is 5.75. The van der Waals surface area contributed by atoms with E-state index in [0.717, 1.165) is 24.8 Å². The van der Waals surface area contributed by atoms with Crippen molar-refractivity contribution in [2.24, 2.45) is 17.8 Å². The molecular formula is C29H38O6. The van der Waals surface area contributed by atoms with Crippen molar-refractivity contribution in [1.29, 1.82) is 0 Å². The van der Waals surface area contributed by atoms with Crippen molar-refractivity contribution < 1.29 is 28.9 Å². The number of aliphatic hydroxyl groups is 1. The van der Waals surface area contributed by atoms with E-state index in [1.807, 2.05) is 38.1 Å². The van der Waals surface area contributed by atoms with Gasteiger partial charge in [-0.1, -0.05) is 49.8 Å². The molecule has 0 bridgehead atoms. The number of carbonyl (C=O) groups excluding carboxylic acids is 2. The average molecular weight is 483 g/mol. The molecule has 35 heavy (non-hydrogen) atoms. The summed E-state index contributed by atoms with van der Waals surface area (Å²) in [5, 5.41) is 9.97. The Morgan fingerprint density at radius 3 is 2.71 bits per heavy atom. The van der Waals surface area contributed by atoms with E-state index in [2.05, 4.69) is 25.2 Å². The Bertz CT molecular complexity index is 948. The standard InChI is InChI=1S/C29H38O6/c1-4-25(33-22-12-8-18(2)9-13-22)29(32)35-26-7-5-6-20-11-10-19(3)24(28(20)26)15-14-23-16-21(30)17-27(31)34-23/h6,8-13,19,21,23-26,28,30H,4-5,7,14-17H2,1-3H3/t19?,21-,23-,24?,25-,26?,28?/m1/s1. The first-order valence-corrected chi connectivity index (χ1v) is 13.0. The molecule has 0 radical (unpaired) electrons. The molecule has 2 aliphatic carbocycles. The molecule has 6 nitrogen and oxygen atoms in total. The van der Waals surface area contributed by atoms with Gasteiger partial charge in [0.15, 0.2) is 6.10 Å². The van der Waals surface area contributed by atoms with E-state index < -0.39 is 12.2 Å². The third-order valence-electron chi connectivity index (χ3n) is 7.60. The number of carbonyl (C=O) groups is 2. The maximum atomic E-state index is 13.2. The number of hydrogen-bond acceptors (Lipinski definition) is 6. The summed E-state index contributed by atoms with van der Waals surface area (Å²) in [7, 11) is 0. The lowest BCUT2D eigenvalue weighted by atomic mass is 9.66. The van der Waals surface area contributed by atoms with Gasteiger partial charge in [-0.3, -0.25) is 4.79 Å². The Balaban J connectivity index is 1.43. The number of fused-ring (bicyclic) bond motifs is 1. The molecule has 1 aliphatic heterocycles. The third kappa shape index (κ3) is 6.35. The van der Waals surface area contributed by atoms with E-state index in [4.69, 9.17) is 14.2 Å². The van der Waals surface area contributed by atoms with Gasteiger partial charge in [0.05, 0.1) is 12.5 Å². The molecular weight excluding hydrogens is 444 g/mol. The van der Waals surface area contributed by atoms with Crippen LogP contribution in [-0.4, -0.2) is 41.5 Å². The van der Waals surface area contributed by atoms with Gasteiger partial charge in [0.1, 0.15) is 18.0 Å². The van der Waals surface area contributed by atoms with Gasteiger partial charge >= 0.3 is 11.9 Å². The zero-order valence-electron chi connectivity index (χ0n) is 21.0. The smallest absolute Gasteiger partial charge is 0.347 e. The minimum Gasteiger partial charge on any atom is -0.479 e. The second kappa shape index (κ2) is 11.4. The molecule has 1 saturated heterocycles. The van der Waals surface area contributed by atoms with E-state index in [1.165, 1.54) is 5.57 Å². The number of aliphatic hydroxyl groups excluding tert-OH is 1. The molecule has 1 aromatic rings. The maximum Gasteiger partial charge on any atom is 0.347 e. The van der Waals surface area contributed by atoms with Crippen LogP contribution in [-0.2, 0) is 19.1 Å². The summed E-state index contributed by atoms with van der Waals surface area (Å²) in [6.07, 6.45) is 9.22. The van der Waals surface area contributed by atoms with Crippen molar-refractivity contribution in [3.05, 3.63) is 53.6 Å². The molecule has 0 saturated carbocycles. The predicted molar refractivity (Wildman–Crippen MR) is 133 cm³/mol. The Morgan fingerprint density at radius 2 is 2.00 bits per heavy atom. The first-order chi connectivity index (χ1) is 16.8. The van der Waals surface area contributed by atoms with Crippen molar-refractivity contribution in [2.45, 2.75) is 90.1 Å².